The van der Waals surface area contributed by atoms with Crippen molar-refractivity contribution in [3.8, 4) is 5.75 Å². The van der Waals surface area contributed by atoms with E-state index < -0.39 is 0 Å². The smallest absolute Gasteiger partial charge is 0.260 e. The summed E-state index contributed by atoms with van der Waals surface area (Å²) in [7, 11) is 0. The molecule has 0 aromatic heterocycles. The van der Waals surface area contributed by atoms with Crippen molar-refractivity contribution in [3.63, 3.8) is 0 Å². The number of ether oxygens (including phenoxy) is 1. The van der Waals surface area contributed by atoms with Crippen LogP contribution in [-0.4, -0.2) is 43.6 Å². The third kappa shape index (κ3) is 4.62. The number of benzene rings is 2. The van der Waals surface area contributed by atoms with Crippen molar-refractivity contribution in [2.75, 3.05) is 32.8 Å². The number of likely N-dealkylation sites (tertiary alicyclic amines) is 1. The van der Waals surface area contributed by atoms with Gasteiger partial charge in [0.05, 0.1) is 0 Å². The maximum atomic E-state index is 12.7. The number of rotatable bonds is 6. The molecular weight excluding hydrogens is 395 g/mol. The minimum atomic E-state index is 0. The first-order valence-corrected chi connectivity index (χ1v) is 9.93. The summed E-state index contributed by atoms with van der Waals surface area (Å²) in [6, 6.07) is 17.8. The average Bonchev–Trinajstić information content (AvgIpc) is 3.23. The van der Waals surface area contributed by atoms with Gasteiger partial charge in [-0.2, -0.15) is 0 Å². The molecule has 2 fully saturated rings. The summed E-state index contributed by atoms with van der Waals surface area (Å²) in [5, 5.41) is 4.15. The van der Waals surface area contributed by atoms with Gasteiger partial charge in [-0.25, -0.2) is 0 Å². The Morgan fingerprint density at radius 1 is 1.21 bits per heavy atom. The Hall–Kier alpha value is -1.75. The van der Waals surface area contributed by atoms with Gasteiger partial charge < -0.3 is 15.0 Å². The maximum absolute atomic E-state index is 12.7. The van der Waals surface area contributed by atoms with Crippen LogP contribution in [0, 0.1) is 11.3 Å². The Bertz CT molecular complexity index is 802. The molecule has 2 atom stereocenters. The predicted octanol–water partition coefficient (Wildman–Crippen LogP) is 3.82. The van der Waals surface area contributed by atoms with Gasteiger partial charge >= 0.3 is 0 Å². The fraction of sp³-hybridized carbons (Fsp3) is 0.409. The van der Waals surface area contributed by atoms with E-state index in [-0.39, 0.29) is 30.3 Å². The van der Waals surface area contributed by atoms with E-state index in [0.717, 1.165) is 39.0 Å². The largest absolute Gasteiger partial charge is 0.484 e. The summed E-state index contributed by atoms with van der Waals surface area (Å²) in [4.78, 5) is 14.7. The lowest BCUT2D eigenvalue weighted by Crippen LogP contribution is -2.38. The van der Waals surface area contributed by atoms with Crippen molar-refractivity contribution in [1.82, 2.24) is 10.2 Å². The number of aryl methyl sites for hydroxylation is 1. The molecule has 150 valence electrons. The predicted molar refractivity (Wildman–Crippen MR) is 114 cm³/mol. The van der Waals surface area contributed by atoms with Crippen LogP contribution >= 0.6 is 24.0 Å². The molecule has 2 unspecified atom stereocenters. The molecule has 0 spiro atoms. The number of nitrogens with one attached hydrogen (secondary N) is 1. The highest BCUT2D eigenvalue weighted by Crippen LogP contribution is 2.42. The third-order valence-corrected chi connectivity index (χ3v) is 6.18. The molecule has 1 amide bonds. The van der Waals surface area contributed by atoms with Crippen LogP contribution in [-0.2, 0) is 11.2 Å². The normalized spacial score (nSPS) is 23.2. The number of hydrogen-bond donors (Lipinski definition) is 1. The SMILES string of the molecule is Cl.O=C(COc1cccc(Cl)c1)N1CC2CNCC2(CCc2ccccc2)C1. The standard InChI is InChI=1S/C22H25ClN2O2.ClH/c23-19-7-4-8-20(11-19)27-14-21(26)25-13-18-12-24-15-22(18,16-25)10-9-17-5-2-1-3-6-17;/h1-8,11,18,24H,9-10,12-16H2;1H. The highest BCUT2D eigenvalue weighted by Gasteiger charge is 2.50. The Labute approximate surface area is 177 Å². The molecule has 0 radical (unpaired) electrons. The molecule has 2 aliphatic heterocycles. The second-order valence-corrected chi connectivity index (χ2v) is 8.13. The van der Waals surface area contributed by atoms with Crippen LogP contribution in [0.15, 0.2) is 54.6 Å². The second-order valence-electron chi connectivity index (χ2n) is 7.70. The summed E-state index contributed by atoms with van der Waals surface area (Å²) in [5.41, 5.74) is 1.55. The molecule has 4 rings (SSSR count). The molecule has 0 saturated carbocycles. The number of fused-ring (bicyclic) bond motifs is 1. The lowest BCUT2D eigenvalue weighted by Gasteiger charge is -2.28. The van der Waals surface area contributed by atoms with Crippen molar-refractivity contribution < 1.29 is 9.53 Å². The van der Waals surface area contributed by atoms with E-state index in [1.807, 2.05) is 17.0 Å². The Balaban J connectivity index is 0.00000225. The number of carbonyl (C=O) groups is 1. The second kappa shape index (κ2) is 9.17. The van der Waals surface area contributed by atoms with Gasteiger partial charge in [-0.15, -0.1) is 12.4 Å². The fourth-order valence-corrected chi connectivity index (χ4v) is 4.58. The molecule has 0 bridgehead atoms. The molecule has 2 aromatic carbocycles. The van der Waals surface area contributed by atoms with Gasteiger partial charge in [0, 0.05) is 36.6 Å². The highest BCUT2D eigenvalue weighted by atomic mass is 35.5. The van der Waals surface area contributed by atoms with Crippen LogP contribution in [0.1, 0.15) is 12.0 Å². The maximum Gasteiger partial charge on any atom is 0.260 e. The topological polar surface area (TPSA) is 41.6 Å². The Kier molecular flexibility index (Phi) is 6.86. The first kappa shape index (κ1) is 21.0. The molecule has 2 aliphatic rings. The zero-order valence-electron chi connectivity index (χ0n) is 15.8. The number of carbonyl (C=O) groups excluding carboxylic acids is 1. The van der Waals surface area contributed by atoms with Gasteiger partial charge in [0.25, 0.3) is 5.91 Å². The molecule has 2 aromatic rings. The first-order valence-electron chi connectivity index (χ1n) is 9.55. The van der Waals surface area contributed by atoms with E-state index in [1.54, 1.807) is 12.1 Å². The van der Waals surface area contributed by atoms with Crippen LogP contribution < -0.4 is 10.1 Å². The first-order chi connectivity index (χ1) is 13.1. The minimum Gasteiger partial charge on any atom is -0.484 e. The van der Waals surface area contributed by atoms with E-state index in [1.165, 1.54) is 5.56 Å². The molecular formula is C22H26Cl2N2O2. The van der Waals surface area contributed by atoms with Crippen LogP contribution in [0.3, 0.4) is 0 Å². The fourth-order valence-electron chi connectivity index (χ4n) is 4.40. The quantitative estimate of drug-likeness (QED) is 0.771. The highest BCUT2D eigenvalue weighted by molar-refractivity contribution is 6.30. The third-order valence-electron chi connectivity index (χ3n) is 5.95. The van der Waals surface area contributed by atoms with Gasteiger partial charge in [-0.3, -0.25) is 4.79 Å². The van der Waals surface area contributed by atoms with Crippen molar-refractivity contribution in [2.45, 2.75) is 12.8 Å². The summed E-state index contributed by atoms with van der Waals surface area (Å²) in [5.74, 6) is 1.22. The summed E-state index contributed by atoms with van der Waals surface area (Å²) in [6.45, 7) is 3.68. The Morgan fingerprint density at radius 2 is 2.04 bits per heavy atom. The number of amides is 1. The van der Waals surface area contributed by atoms with E-state index in [4.69, 9.17) is 16.3 Å². The molecule has 1 N–H and O–H groups in total. The van der Waals surface area contributed by atoms with Gasteiger partial charge in [0.1, 0.15) is 5.75 Å². The minimum absolute atomic E-state index is 0. The molecule has 6 heteroatoms. The summed E-state index contributed by atoms with van der Waals surface area (Å²) in [6.07, 6.45) is 2.16. The molecule has 2 saturated heterocycles. The molecule has 28 heavy (non-hydrogen) atoms. The van der Waals surface area contributed by atoms with Crippen LogP contribution in [0.2, 0.25) is 5.02 Å². The van der Waals surface area contributed by atoms with Crippen molar-refractivity contribution in [1.29, 1.82) is 0 Å². The zero-order chi connectivity index (χ0) is 18.7. The van der Waals surface area contributed by atoms with E-state index in [2.05, 4.69) is 35.6 Å². The van der Waals surface area contributed by atoms with Crippen LogP contribution in [0.25, 0.3) is 0 Å². The van der Waals surface area contributed by atoms with E-state index in [0.29, 0.717) is 16.7 Å². The summed E-state index contributed by atoms with van der Waals surface area (Å²) >= 11 is 5.97. The molecule has 2 heterocycles. The van der Waals surface area contributed by atoms with Crippen LogP contribution in [0.4, 0.5) is 0 Å². The lowest BCUT2D eigenvalue weighted by atomic mass is 9.76. The van der Waals surface area contributed by atoms with Crippen molar-refractivity contribution in [2.24, 2.45) is 11.3 Å². The van der Waals surface area contributed by atoms with Crippen molar-refractivity contribution >= 4 is 29.9 Å². The zero-order valence-corrected chi connectivity index (χ0v) is 17.3. The monoisotopic (exact) mass is 420 g/mol. The molecule has 4 nitrogen and oxygen atoms in total. The number of nitrogens with zero attached hydrogens (tertiary/aromatic N) is 1. The Morgan fingerprint density at radius 3 is 2.82 bits per heavy atom. The van der Waals surface area contributed by atoms with Crippen molar-refractivity contribution in [3.05, 3.63) is 65.2 Å². The average molecular weight is 421 g/mol. The van der Waals surface area contributed by atoms with Gasteiger partial charge in [0.2, 0.25) is 0 Å². The summed E-state index contributed by atoms with van der Waals surface area (Å²) < 4.78 is 5.65. The van der Waals surface area contributed by atoms with E-state index in [9.17, 15) is 4.79 Å². The molecule has 0 aliphatic carbocycles. The number of hydrogen-bond acceptors (Lipinski definition) is 3. The van der Waals surface area contributed by atoms with Gasteiger partial charge in [-0.1, -0.05) is 48.0 Å². The number of halogens is 2. The van der Waals surface area contributed by atoms with Crippen LogP contribution in [0.5, 0.6) is 5.75 Å². The van der Waals surface area contributed by atoms with Gasteiger partial charge in [0.15, 0.2) is 6.61 Å². The van der Waals surface area contributed by atoms with E-state index >= 15 is 0 Å². The van der Waals surface area contributed by atoms with Gasteiger partial charge in [-0.05, 0) is 42.5 Å². The lowest BCUT2D eigenvalue weighted by molar-refractivity contribution is -0.132.